The van der Waals surface area contributed by atoms with Gasteiger partial charge in [0.1, 0.15) is 6.54 Å². The van der Waals surface area contributed by atoms with Crippen molar-refractivity contribution in [2.24, 2.45) is 0 Å². The average Bonchev–Trinajstić information content (AvgIpc) is 2.48. The summed E-state index contributed by atoms with van der Waals surface area (Å²) < 4.78 is 40.5. The Labute approximate surface area is 77.3 Å². The van der Waals surface area contributed by atoms with Crippen LogP contribution in [-0.2, 0) is 11.3 Å². The Kier molecular flexibility index (Phi) is 2.78. The van der Waals surface area contributed by atoms with Crippen LogP contribution in [0.15, 0.2) is 12.4 Å². The van der Waals surface area contributed by atoms with Gasteiger partial charge in [0, 0.05) is 6.20 Å². The van der Waals surface area contributed by atoms with Crippen LogP contribution in [0.2, 0.25) is 0 Å². The Bertz CT molecular complexity index is 332. The van der Waals surface area contributed by atoms with Gasteiger partial charge in [0.15, 0.2) is 0 Å². The number of hydrogen-bond acceptors (Lipinski definition) is 3. The first-order chi connectivity index (χ1) is 6.42. The lowest BCUT2D eigenvalue weighted by atomic mass is 10.4. The van der Waals surface area contributed by atoms with Crippen LogP contribution in [0.1, 0.15) is 10.4 Å². The molecule has 0 fully saturated rings. The molecule has 0 N–H and O–H groups in total. The number of nitrogens with zero attached hydrogens (tertiary/aromatic N) is 2. The molecule has 0 spiro atoms. The van der Waals surface area contributed by atoms with Gasteiger partial charge in [-0.15, -0.1) is 0 Å². The second kappa shape index (κ2) is 3.69. The molecule has 7 heteroatoms. The second-order valence-corrected chi connectivity index (χ2v) is 2.53. The predicted molar refractivity (Wildman–Crippen MR) is 39.6 cm³/mol. The first-order valence-corrected chi connectivity index (χ1v) is 3.60. The van der Waals surface area contributed by atoms with Gasteiger partial charge in [-0.3, -0.25) is 4.68 Å². The molecule has 4 nitrogen and oxygen atoms in total. The third-order valence-corrected chi connectivity index (χ3v) is 1.40. The van der Waals surface area contributed by atoms with Crippen LogP contribution < -0.4 is 0 Å². The summed E-state index contributed by atoms with van der Waals surface area (Å²) in [5, 5.41) is 3.37. The van der Waals surface area contributed by atoms with E-state index in [0.29, 0.717) is 4.68 Å². The summed E-state index contributed by atoms with van der Waals surface area (Å²) in [5.74, 6) is -0.710. The largest absolute Gasteiger partial charge is 0.465 e. The van der Waals surface area contributed by atoms with E-state index in [1.165, 1.54) is 0 Å². The lowest BCUT2D eigenvalue weighted by molar-refractivity contribution is -0.142. The van der Waals surface area contributed by atoms with Gasteiger partial charge in [-0.05, 0) is 0 Å². The fraction of sp³-hybridized carbons (Fsp3) is 0.429. The molecule has 78 valence electrons. The number of methoxy groups -OCH3 is 1. The summed E-state index contributed by atoms with van der Waals surface area (Å²) in [7, 11) is 1.14. The fourth-order valence-electron chi connectivity index (χ4n) is 0.857. The van der Waals surface area contributed by atoms with E-state index in [-0.39, 0.29) is 5.56 Å². The molecule has 0 unspecified atom stereocenters. The van der Waals surface area contributed by atoms with Crippen molar-refractivity contribution in [1.29, 1.82) is 0 Å². The standard InChI is InChI=1S/C7H7F3N2O2/c1-14-6(13)5-2-11-12(3-5)4-7(8,9)10/h2-3H,4H2,1H3. The van der Waals surface area contributed by atoms with Gasteiger partial charge in [-0.1, -0.05) is 0 Å². The molecule has 0 aliphatic heterocycles. The lowest BCUT2D eigenvalue weighted by Gasteiger charge is -2.04. The number of halogens is 3. The number of aromatic nitrogens is 2. The van der Waals surface area contributed by atoms with Gasteiger partial charge in [-0.2, -0.15) is 18.3 Å². The minimum atomic E-state index is -4.35. The molecule has 1 aromatic rings. The van der Waals surface area contributed by atoms with E-state index >= 15 is 0 Å². The highest BCUT2D eigenvalue weighted by Crippen LogP contribution is 2.17. The van der Waals surface area contributed by atoms with Crippen LogP contribution in [-0.4, -0.2) is 29.0 Å². The molecule has 0 saturated carbocycles. The smallest absolute Gasteiger partial charge is 0.408 e. The van der Waals surface area contributed by atoms with Crippen LogP contribution in [0.4, 0.5) is 13.2 Å². The zero-order valence-electron chi connectivity index (χ0n) is 7.21. The fourth-order valence-corrected chi connectivity index (χ4v) is 0.857. The van der Waals surface area contributed by atoms with Crippen molar-refractivity contribution in [2.45, 2.75) is 12.7 Å². The number of carbonyl (C=O) groups excluding carboxylic acids is 1. The zero-order chi connectivity index (χ0) is 10.8. The third kappa shape index (κ3) is 2.75. The minimum absolute atomic E-state index is 0.00301. The summed E-state index contributed by atoms with van der Waals surface area (Å²) in [6.45, 7) is -1.22. The lowest BCUT2D eigenvalue weighted by Crippen LogP contribution is -2.17. The van der Waals surface area contributed by atoms with Crippen molar-refractivity contribution < 1.29 is 22.7 Å². The Hall–Kier alpha value is -1.53. The molecule has 1 aromatic heterocycles. The summed E-state index contributed by atoms with van der Waals surface area (Å²) >= 11 is 0. The first kappa shape index (κ1) is 10.6. The van der Waals surface area contributed by atoms with E-state index in [4.69, 9.17) is 0 Å². The molecular weight excluding hydrogens is 201 g/mol. The Morgan fingerprint density at radius 2 is 2.29 bits per heavy atom. The van der Waals surface area contributed by atoms with Crippen LogP contribution in [0.25, 0.3) is 0 Å². The molecular formula is C7H7F3N2O2. The third-order valence-electron chi connectivity index (χ3n) is 1.40. The number of alkyl halides is 3. The molecule has 1 rings (SSSR count). The highest BCUT2D eigenvalue weighted by molar-refractivity contribution is 5.88. The molecule has 0 atom stereocenters. The maximum atomic E-state index is 11.9. The second-order valence-electron chi connectivity index (χ2n) is 2.53. The van der Waals surface area contributed by atoms with Gasteiger partial charge in [0.2, 0.25) is 0 Å². The predicted octanol–water partition coefficient (Wildman–Crippen LogP) is 1.23. The molecule has 0 aromatic carbocycles. The molecule has 0 radical (unpaired) electrons. The topological polar surface area (TPSA) is 44.1 Å². The van der Waals surface area contributed by atoms with E-state index < -0.39 is 18.7 Å². The Morgan fingerprint density at radius 3 is 2.79 bits per heavy atom. The molecule has 0 aliphatic carbocycles. The van der Waals surface area contributed by atoms with Crippen molar-refractivity contribution in [3.63, 3.8) is 0 Å². The van der Waals surface area contributed by atoms with E-state index in [0.717, 1.165) is 19.5 Å². The first-order valence-electron chi connectivity index (χ1n) is 3.60. The highest BCUT2D eigenvalue weighted by atomic mass is 19.4. The average molecular weight is 208 g/mol. The van der Waals surface area contributed by atoms with Crippen LogP contribution in [0, 0.1) is 0 Å². The summed E-state index contributed by atoms with van der Waals surface area (Å²) in [6, 6.07) is 0. The van der Waals surface area contributed by atoms with Crippen molar-refractivity contribution in [3.8, 4) is 0 Å². The van der Waals surface area contributed by atoms with Crippen LogP contribution in [0.3, 0.4) is 0 Å². The van der Waals surface area contributed by atoms with Gasteiger partial charge in [-0.25, -0.2) is 4.79 Å². The van der Waals surface area contributed by atoms with E-state index in [1.54, 1.807) is 0 Å². The van der Waals surface area contributed by atoms with Gasteiger partial charge in [0.05, 0.1) is 18.9 Å². The molecule has 1 heterocycles. The summed E-state index contributed by atoms with van der Waals surface area (Å²) in [5.41, 5.74) is -0.00301. The number of hydrogen-bond donors (Lipinski definition) is 0. The molecule has 0 bridgehead atoms. The molecule has 0 saturated heterocycles. The van der Waals surface area contributed by atoms with Crippen molar-refractivity contribution >= 4 is 5.97 Å². The van der Waals surface area contributed by atoms with Gasteiger partial charge in [0.25, 0.3) is 0 Å². The van der Waals surface area contributed by atoms with Crippen LogP contribution in [0.5, 0.6) is 0 Å². The number of carbonyl (C=O) groups is 1. The van der Waals surface area contributed by atoms with E-state index in [2.05, 4.69) is 9.84 Å². The molecule has 0 amide bonds. The maximum Gasteiger partial charge on any atom is 0.408 e. The maximum absolute atomic E-state index is 11.9. The monoisotopic (exact) mass is 208 g/mol. The van der Waals surface area contributed by atoms with E-state index in [1.807, 2.05) is 0 Å². The van der Waals surface area contributed by atoms with Gasteiger partial charge < -0.3 is 4.74 Å². The summed E-state index contributed by atoms with van der Waals surface area (Å²) in [4.78, 5) is 10.8. The van der Waals surface area contributed by atoms with Crippen molar-refractivity contribution in [3.05, 3.63) is 18.0 Å². The Morgan fingerprint density at radius 1 is 1.64 bits per heavy atom. The quantitative estimate of drug-likeness (QED) is 0.686. The number of rotatable bonds is 2. The highest BCUT2D eigenvalue weighted by Gasteiger charge is 2.28. The minimum Gasteiger partial charge on any atom is -0.465 e. The van der Waals surface area contributed by atoms with Crippen LogP contribution >= 0.6 is 0 Å². The molecule has 14 heavy (non-hydrogen) atoms. The SMILES string of the molecule is COC(=O)c1cnn(CC(F)(F)F)c1. The summed E-state index contributed by atoms with van der Waals surface area (Å²) in [6.07, 6.45) is -2.34. The van der Waals surface area contributed by atoms with Gasteiger partial charge >= 0.3 is 12.1 Å². The Balaban J connectivity index is 2.74. The van der Waals surface area contributed by atoms with Crippen molar-refractivity contribution in [1.82, 2.24) is 9.78 Å². The van der Waals surface area contributed by atoms with E-state index in [9.17, 15) is 18.0 Å². The number of esters is 1. The molecule has 0 aliphatic rings. The number of ether oxygens (including phenoxy) is 1. The zero-order valence-corrected chi connectivity index (χ0v) is 7.21. The normalized spacial score (nSPS) is 11.4. The van der Waals surface area contributed by atoms with Crippen molar-refractivity contribution in [2.75, 3.05) is 7.11 Å².